The maximum absolute atomic E-state index is 13.5. The molecule has 1 unspecified atom stereocenters. The minimum Gasteiger partial charge on any atom is -0.313 e. The number of hydrogen-bond acceptors (Lipinski definition) is 2. The van der Waals surface area contributed by atoms with Crippen LogP contribution in [0.2, 0.25) is 5.02 Å². The molecule has 1 aromatic carbocycles. The van der Waals surface area contributed by atoms with Crippen molar-refractivity contribution in [1.82, 2.24) is 15.1 Å². The molecular formula is C14H17ClFN3. The fourth-order valence-electron chi connectivity index (χ4n) is 2.15. The van der Waals surface area contributed by atoms with E-state index in [9.17, 15) is 4.39 Å². The highest BCUT2D eigenvalue weighted by Gasteiger charge is 2.17. The second kappa shape index (κ2) is 5.72. The van der Waals surface area contributed by atoms with E-state index in [0.717, 1.165) is 16.8 Å². The lowest BCUT2D eigenvalue weighted by Gasteiger charge is -2.17. The Bertz CT molecular complexity index is 580. The fraction of sp³-hybridized carbons (Fsp3) is 0.357. The Hall–Kier alpha value is -1.39. The van der Waals surface area contributed by atoms with Crippen molar-refractivity contribution in [2.75, 3.05) is 7.05 Å². The van der Waals surface area contributed by atoms with E-state index in [1.54, 1.807) is 6.07 Å². The van der Waals surface area contributed by atoms with Gasteiger partial charge in [-0.15, -0.1) is 0 Å². The SMILES string of the molecule is CNC(Cc1cccc(F)c1Cl)c1cnn(C)c1C. The van der Waals surface area contributed by atoms with Crippen molar-refractivity contribution in [3.8, 4) is 0 Å². The quantitative estimate of drug-likeness (QED) is 0.934. The van der Waals surface area contributed by atoms with Crippen LogP contribution in [0.15, 0.2) is 24.4 Å². The molecule has 0 aliphatic carbocycles. The molecule has 3 nitrogen and oxygen atoms in total. The summed E-state index contributed by atoms with van der Waals surface area (Å²) in [6.07, 6.45) is 2.46. The number of nitrogens with one attached hydrogen (secondary N) is 1. The van der Waals surface area contributed by atoms with Crippen LogP contribution in [0.1, 0.15) is 22.9 Å². The van der Waals surface area contributed by atoms with Gasteiger partial charge in [0.25, 0.3) is 0 Å². The maximum atomic E-state index is 13.5. The molecule has 0 aliphatic rings. The van der Waals surface area contributed by atoms with Gasteiger partial charge in [-0.25, -0.2) is 4.39 Å². The second-order valence-electron chi connectivity index (χ2n) is 4.57. The molecule has 0 aliphatic heterocycles. The van der Waals surface area contributed by atoms with Crippen molar-refractivity contribution in [2.45, 2.75) is 19.4 Å². The summed E-state index contributed by atoms with van der Waals surface area (Å²) in [5.74, 6) is -0.378. The third-order valence-corrected chi connectivity index (χ3v) is 3.88. The Kier molecular flexibility index (Phi) is 4.22. The standard InChI is InChI=1S/C14H17ClFN3/c1-9-11(8-18-19(9)3)13(17-2)7-10-5-4-6-12(16)14(10)15/h4-6,8,13,17H,7H2,1-3H3. The molecule has 0 fully saturated rings. The first-order valence-electron chi connectivity index (χ1n) is 6.13. The lowest BCUT2D eigenvalue weighted by molar-refractivity contribution is 0.580. The van der Waals surface area contributed by atoms with Gasteiger partial charge in [0.15, 0.2) is 0 Å². The third kappa shape index (κ3) is 2.80. The first-order valence-corrected chi connectivity index (χ1v) is 6.51. The molecule has 102 valence electrons. The number of likely N-dealkylation sites (N-methyl/N-ethyl adjacent to an activating group) is 1. The van der Waals surface area contributed by atoms with E-state index in [-0.39, 0.29) is 16.9 Å². The normalized spacial score (nSPS) is 12.7. The molecule has 0 amide bonds. The van der Waals surface area contributed by atoms with Crippen molar-refractivity contribution < 1.29 is 4.39 Å². The lowest BCUT2D eigenvalue weighted by atomic mass is 9.99. The Labute approximate surface area is 117 Å². The van der Waals surface area contributed by atoms with Crippen LogP contribution in [0.3, 0.4) is 0 Å². The van der Waals surface area contributed by atoms with Gasteiger partial charge in [-0.05, 0) is 32.0 Å². The number of aryl methyl sites for hydroxylation is 1. The largest absolute Gasteiger partial charge is 0.313 e. The maximum Gasteiger partial charge on any atom is 0.142 e. The number of aromatic nitrogens is 2. The highest BCUT2D eigenvalue weighted by Crippen LogP contribution is 2.26. The zero-order valence-electron chi connectivity index (χ0n) is 11.2. The Balaban J connectivity index is 2.29. The molecule has 19 heavy (non-hydrogen) atoms. The molecule has 1 aromatic heterocycles. The molecule has 0 spiro atoms. The summed E-state index contributed by atoms with van der Waals surface area (Å²) in [6, 6.07) is 4.96. The number of hydrogen-bond donors (Lipinski definition) is 1. The topological polar surface area (TPSA) is 29.9 Å². The number of benzene rings is 1. The third-order valence-electron chi connectivity index (χ3n) is 3.45. The smallest absolute Gasteiger partial charge is 0.142 e. The van der Waals surface area contributed by atoms with Gasteiger partial charge < -0.3 is 5.32 Å². The van der Waals surface area contributed by atoms with Crippen LogP contribution >= 0.6 is 11.6 Å². The number of rotatable bonds is 4. The highest BCUT2D eigenvalue weighted by atomic mass is 35.5. The first kappa shape index (κ1) is 14.0. The molecule has 2 rings (SSSR count). The minimum absolute atomic E-state index is 0.0630. The van der Waals surface area contributed by atoms with Crippen LogP contribution in [-0.2, 0) is 13.5 Å². The summed E-state index contributed by atoms with van der Waals surface area (Å²) in [5, 5.41) is 7.67. The average Bonchev–Trinajstić information content (AvgIpc) is 2.72. The van der Waals surface area contributed by atoms with E-state index in [0.29, 0.717) is 6.42 Å². The van der Waals surface area contributed by atoms with Gasteiger partial charge in [-0.2, -0.15) is 5.10 Å². The van der Waals surface area contributed by atoms with Crippen LogP contribution in [0.4, 0.5) is 4.39 Å². The van der Waals surface area contributed by atoms with Crippen LogP contribution in [0.5, 0.6) is 0 Å². The van der Waals surface area contributed by atoms with Crippen molar-refractivity contribution in [3.63, 3.8) is 0 Å². The summed E-state index contributed by atoms with van der Waals surface area (Å²) >= 11 is 6.00. The van der Waals surface area contributed by atoms with Crippen LogP contribution < -0.4 is 5.32 Å². The average molecular weight is 282 g/mol. The van der Waals surface area contributed by atoms with Crippen LogP contribution in [0.25, 0.3) is 0 Å². The Morgan fingerprint density at radius 3 is 2.79 bits per heavy atom. The summed E-state index contributed by atoms with van der Waals surface area (Å²) in [6.45, 7) is 2.01. The molecule has 1 heterocycles. The van der Waals surface area contributed by atoms with Crippen molar-refractivity contribution in [2.24, 2.45) is 7.05 Å². The zero-order chi connectivity index (χ0) is 14.0. The molecule has 5 heteroatoms. The van der Waals surface area contributed by atoms with Crippen molar-refractivity contribution in [1.29, 1.82) is 0 Å². The summed E-state index contributed by atoms with van der Waals surface area (Å²) in [4.78, 5) is 0. The molecule has 0 radical (unpaired) electrons. The summed E-state index contributed by atoms with van der Waals surface area (Å²) in [5.41, 5.74) is 2.99. The molecule has 0 saturated heterocycles. The number of halogens is 2. The monoisotopic (exact) mass is 281 g/mol. The van der Waals surface area contributed by atoms with Gasteiger partial charge in [0.2, 0.25) is 0 Å². The van der Waals surface area contributed by atoms with Gasteiger partial charge in [0.1, 0.15) is 5.82 Å². The zero-order valence-corrected chi connectivity index (χ0v) is 12.0. The molecule has 2 aromatic rings. The highest BCUT2D eigenvalue weighted by molar-refractivity contribution is 6.31. The predicted molar refractivity (Wildman–Crippen MR) is 74.9 cm³/mol. The second-order valence-corrected chi connectivity index (χ2v) is 4.95. The molecule has 0 bridgehead atoms. The number of nitrogens with zero attached hydrogens (tertiary/aromatic N) is 2. The van der Waals surface area contributed by atoms with E-state index >= 15 is 0 Å². The Morgan fingerprint density at radius 2 is 2.21 bits per heavy atom. The van der Waals surface area contributed by atoms with E-state index in [1.165, 1.54) is 6.07 Å². The van der Waals surface area contributed by atoms with E-state index in [1.807, 2.05) is 38.0 Å². The van der Waals surface area contributed by atoms with E-state index in [2.05, 4.69) is 10.4 Å². The van der Waals surface area contributed by atoms with Gasteiger partial charge in [-0.1, -0.05) is 23.7 Å². The van der Waals surface area contributed by atoms with Gasteiger partial charge >= 0.3 is 0 Å². The molecule has 1 N–H and O–H groups in total. The van der Waals surface area contributed by atoms with Gasteiger partial charge in [0.05, 0.1) is 11.2 Å². The van der Waals surface area contributed by atoms with E-state index < -0.39 is 0 Å². The van der Waals surface area contributed by atoms with Crippen LogP contribution in [0, 0.1) is 12.7 Å². The first-order chi connectivity index (χ1) is 9.04. The van der Waals surface area contributed by atoms with Crippen molar-refractivity contribution in [3.05, 3.63) is 52.1 Å². The Morgan fingerprint density at radius 1 is 1.47 bits per heavy atom. The lowest BCUT2D eigenvalue weighted by Crippen LogP contribution is -2.19. The van der Waals surface area contributed by atoms with Crippen molar-refractivity contribution >= 4 is 11.6 Å². The predicted octanol–water partition coefficient (Wildman–Crippen LogP) is 3.02. The van der Waals surface area contributed by atoms with Gasteiger partial charge in [0, 0.05) is 24.3 Å². The van der Waals surface area contributed by atoms with Gasteiger partial charge in [-0.3, -0.25) is 4.68 Å². The molecular weight excluding hydrogens is 265 g/mol. The molecule has 0 saturated carbocycles. The molecule has 1 atom stereocenters. The van der Waals surface area contributed by atoms with E-state index in [4.69, 9.17) is 11.6 Å². The minimum atomic E-state index is -0.378. The van der Waals surface area contributed by atoms with Crippen LogP contribution in [-0.4, -0.2) is 16.8 Å². The fourth-order valence-corrected chi connectivity index (χ4v) is 2.35. The summed E-state index contributed by atoms with van der Waals surface area (Å²) < 4.78 is 15.3. The summed E-state index contributed by atoms with van der Waals surface area (Å²) in [7, 11) is 3.78.